The Labute approximate surface area is 240 Å². The zero-order valence-corrected chi connectivity index (χ0v) is 24.5. The highest BCUT2D eigenvalue weighted by Gasteiger charge is 2.26. The molecule has 5 nitrogen and oxygen atoms in total. The second-order valence-electron chi connectivity index (χ2n) is 12.4. The van der Waals surface area contributed by atoms with Crippen molar-refractivity contribution in [1.29, 1.82) is 0 Å². The Kier molecular flexibility index (Phi) is 9.21. The number of nitrogens with one attached hydrogen (secondary N) is 1. The first-order chi connectivity index (χ1) is 19.4. The minimum absolute atomic E-state index is 0.364. The van der Waals surface area contributed by atoms with Crippen LogP contribution in [0.4, 0.5) is 5.69 Å². The van der Waals surface area contributed by atoms with Gasteiger partial charge in [-0.05, 0) is 115 Å². The van der Waals surface area contributed by atoms with Gasteiger partial charge >= 0.3 is 0 Å². The molecule has 1 aliphatic heterocycles. The third kappa shape index (κ3) is 7.51. The maximum Gasteiger partial charge on any atom is 0.120 e. The van der Waals surface area contributed by atoms with Crippen LogP contribution < -0.4 is 14.8 Å². The zero-order chi connectivity index (χ0) is 28.0. The zero-order valence-electron chi connectivity index (χ0n) is 24.5. The third-order valence-electron chi connectivity index (χ3n) is 8.66. The van der Waals surface area contributed by atoms with Crippen molar-refractivity contribution < 1.29 is 14.6 Å². The molecule has 3 aromatic rings. The Bertz CT molecular complexity index is 1250. The molecule has 1 fully saturated rings. The lowest BCUT2D eigenvalue weighted by Gasteiger charge is -2.37. The van der Waals surface area contributed by atoms with Crippen molar-refractivity contribution in [2.75, 3.05) is 45.2 Å². The fourth-order valence-electron chi connectivity index (χ4n) is 6.47. The first-order valence-electron chi connectivity index (χ1n) is 15.1. The van der Waals surface area contributed by atoms with Crippen LogP contribution in [0.3, 0.4) is 0 Å². The van der Waals surface area contributed by atoms with Crippen LogP contribution in [0.1, 0.15) is 67.7 Å². The molecule has 1 aliphatic carbocycles. The van der Waals surface area contributed by atoms with E-state index in [4.69, 9.17) is 9.47 Å². The predicted octanol–water partition coefficient (Wildman–Crippen LogP) is 7.22. The van der Waals surface area contributed by atoms with Crippen LogP contribution in [-0.2, 0) is 19.3 Å². The molecule has 0 unspecified atom stereocenters. The molecule has 5 rings (SSSR count). The van der Waals surface area contributed by atoms with Gasteiger partial charge in [0.05, 0.1) is 7.11 Å². The van der Waals surface area contributed by atoms with E-state index >= 15 is 0 Å². The van der Waals surface area contributed by atoms with Crippen molar-refractivity contribution in [3.63, 3.8) is 0 Å². The molecule has 1 heterocycles. The van der Waals surface area contributed by atoms with E-state index in [1.165, 1.54) is 53.9 Å². The molecule has 40 heavy (non-hydrogen) atoms. The number of fused-ring (bicyclic) bond motifs is 1. The summed E-state index contributed by atoms with van der Waals surface area (Å²) in [4.78, 5) is 2.54. The first-order valence-corrected chi connectivity index (χ1v) is 15.1. The maximum atomic E-state index is 9.85. The van der Waals surface area contributed by atoms with Crippen LogP contribution in [-0.4, -0.2) is 49.9 Å². The van der Waals surface area contributed by atoms with Crippen molar-refractivity contribution in [3.8, 4) is 17.2 Å². The van der Waals surface area contributed by atoms with Gasteiger partial charge in [0, 0.05) is 31.4 Å². The topological polar surface area (TPSA) is 54.0 Å². The van der Waals surface area contributed by atoms with Gasteiger partial charge in [0.2, 0.25) is 0 Å². The van der Waals surface area contributed by atoms with Crippen LogP contribution in [0.2, 0.25) is 0 Å². The Balaban J connectivity index is 1.10. The number of benzene rings is 3. The van der Waals surface area contributed by atoms with Gasteiger partial charge in [0.1, 0.15) is 23.9 Å². The fourth-order valence-corrected chi connectivity index (χ4v) is 6.47. The number of aromatic hydroxyl groups is 1. The predicted molar refractivity (Wildman–Crippen MR) is 164 cm³/mol. The summed E-state index contributed by atoms with van der Waals surface area (Å²) >= 11 is 0. The molecule has 0 bridgehead atoms. The van der Waals surface area contributed by atoms with E-state index in [-0.39, 0.29) is 0 Å². The first kappa shape index (κ1) is 28.4. The van der Waals surface area contributed by atoms with Crippen LogP contribution in [0.5, 0.6) is 17.2 Å². The Hall–Kier alpha value is -3.18. The number of piperidine rings is 1. The fraction of sp³-hybridized carbons (Fsp3) is 0.486. The molecule has 2 N–H and O–H groups in total. The number of rotatable bonds is 11. The number of ether oxygens (including phenoxy) is 2. The van der Waals surface area contributed by atoms with Crippen molar-refractivity contribution in [2.45, 2.75) is 64.7 Å². The summed E-state index contributed by atoms with van der Waals surface area (Å²) in [6, 6.07) is 20.9. The van der Waals surface area contributed by atoms with Crippen LogP contribution in [0.25, 0.3) is 0 Å². The van der Waals surface area contributed by atoms with Gasteiger partial charge in [-0.2, -0.15) is 0 Å². The molecule has 0 radical (unpaired) electrons. The van der Waals surface area contributed by atoms with Crippen LogP contribution in [0.15, 0.2) is 60.7 Å². The van der Waals surface area contributed by atoms with Gasteiger partial charge < -0.3 is 19.9 Å². The standard InChI is InChI=1S/C35H46N2O3/c1-35(2)17-5-19-37(25-35)20-21-40-31-13-7-26(8-14-31)6-4-18-36-34-24-32(39-3)15-16-33(34)29-10-9-28-23-30(38)12-11-27(28)22-29/h7-8,11-16,23-24,29,36,38H,4-6,9-10,17-22,25H2,1-3H3/t29-/m0/s1. The molecule has 0 amide bonds. The van der Waals surface area contributed by atoms with Gasteiger partial charge in [-0.3, -0.25) is 4.90 Å². The Morgan fingerprint density at radius 2 is 1.82 bits per heavy atom. The summed E-state index contributed by atoms with van der Waals surface area (Å²) in [5, 5.41) is 13.6. The smallest absolute Gasteiger partial charge is 0.120 e. The summed E-state index contributed by atoms with van der Waals surface area (Å²) < 4.78 is 11.6. The minimum Gasteiger partial charge on any atom is -0.508 e. The third-order valence-corrected chi connectivity index (χ3v) is 8.66. The Morgan fingerprint density at radius 1 is 1.00 bits per heavy atom. The lowest BCUT2D eigenvalue weighted by Crippen LogP contribution is -2.41. The van der Waals surface area contributed by atoms with E-state index in [1.807, 2.05) is 12.1 Å². The molecule has 5 heteroatoms. The monoisotopic (exact) mass is 542 g/mol. The second kappa shape index (κ2) is 13.0. The minimum atomic E-state index is 0.364. The van der Waals surface area contributed by atoms with Gasteiger partial charge in [0.25, 0.3) is 0 Å². The van der Waals surface area contributed by atoms with Crippen molar-refractivity contribution in [1.82, 2.24) is 4.90 Å². The van der Waals surface area contributed by atoms with Crippen molar-refractivity contribution in [2.24, 2.45) is 5.41 Å². The number of phenolic OH excluding ortho intramolecular Hbond substituents is 1. The highest BCUT2D eigenvalue weighted by molar-refractivity contribution is 5.57. The number of nitrogens with zero attached hydrogens (tertiary/aromatic N) is 1. The SMILES string of the molecule is COc1ccc([C@H]2CCc3cc(O)ccc3C2)c(NCCCc2ccc(OCCN3CCCC(C)(C)C3)cc2)c1. The number of anilines is 1. The maximum absolute atomic E-state index is 9.85. The average molecular weight is 543 g/mol. The molecule has 214 valence electrons. The molecule has 3 aromatic carbocycles. The second-order valence-corrected chi connectivity index (χ2v) is 12.4. The van der Waals surface area contributed by atoms with E-state index in [1.54, 1.807) is 7.11 Å². The highest BCUT2D eigenvalue weighted by Crippen LogP contribution is 2.38. The summed E-state index contributed by atoms with van der Waals surface area (Å²) in [5.41, 5.74) is 6.92. The molecular weight excluding hydrogens is 496 g/mol. The summed E-state index contributed by atoms with van der Waals surface area (Å²) in [6.07, 6.45) is 7.77. The normalized spacial score (nSPS) is 18.6. The lowest BCUT2D eigenvalue weighted by atomic mass is 9.79. The number of hydrogen-bond acceptors (Lipinski definition) is 5. The molecule has 1 atom stereocenters. The van der Waals surface area contributed by atoms with E-state index in [0.717, 1.165) is 63.3 Å². The summed E-state index contributed by atoms with van der Waals surface area (Å²) in [6.45, 7) is 9.75. The van der Waals surface area contributed by atoms with Gasteiger partial charge in [-0.15, -0.1) is 0 Å². The van der Waals surface area contributed by atoms with Crippen LogP contribution >= 0.6 is 0 Å². The van der Waals surface area contributed by atoms with E-state index < -0.39 is 0 Å². The van der Waals surface area contributed by atoms with E-state index in [9.17, 15) is 5.11 Å². The molecule has 0 aromatic heterocycles. The molecule has 1 saturated heterocycles. The molecular formula is C35H46N2O3. The van der Waals surface area contributed by atoms with Crippen molar-refractivity contribution in [3.05, 3.63) is 82.9 Å². The van der Waals surface area contributed by atoms with Crippen LogP contribution in [0, 0.1) is 5.41 Å². The summed E-state index contributed by atoms with van der Waals surface area (Å²) in [5.74, 6) is 2.66. The van der Waals surface area contributed by atoms with E-state index in [2.05, 4.69) is 72.6 Å². The van der Waals surface area contributed by atoms with Gasteiger partial charge in [-0.1, -0.05) is 38.1 Å². The molecule has 2 aliphatic rings. The number of likely N-dealkylation sites (tertiary alicyclic amines) is 1. The molecule has 0 saturated carbocycles. The lowest BCUT2D eigenvalue weighted by molar-refractivity contribution is 0.102. The number of methoxy groups -OCH3 is 1. The highest BCUT2D eigenvalue weighted by atomic mass is 16.5. The largest absolute Gasteiger partial charge is 0.508 e. The van der Waals surface area contributed by atoms with E-state index in [0.29, 0.717) is 17.1 Å². The Morgan fingerprint density at radius 3 is 2.62 bits per heavy atom. The number of hydrogen-bond donors (Lipinski definition) is 2. The number of aryl methyl sites for hydroxylation is 2. The van der Waals surface area contributed by atoms with Gasteiger partial charge in [-0.25, -0.2) is 0 Å². The molecule has 0 spiro atoms. The average Bonchev–Trinajstić information content (AvgIpc) is 2.95. The van der Waals surface area contributed by atoms with Gasteiger partial charge in [0.15, 0.2) is 0 Å². The quantitative estimate of drug-likeness (QED) is 0.251. The number of phenols is 1. The van der Waals surface area contributed by atoms with Crippen molar-refractivity contribution >= 4 is 5.69 Å². The summed E-state index contributed by atoms with van der Waals surface area (Å²) in [7, 11) is 1.73.